The second kappa shape index (κ2) is 10.7. The molecular formula is C23H33N5. The van der Waals surface area contributed by atoms with Crippen LogP contribution in [0.4, 0.5) is 5.82 Å². The van der Waals surface area contributed by atoms with E-state index in [1.54, 1.807) is 0 Å². The second-order valence-electron chi connectivity index (χ2n) is 7.54. The molecule has 1 saturated heterocycles. The highest BCUT2D eigenvalue weighted by atomic mass is 15.2. The van der Waals surface area contributed by atoms with Gasteiger partial charge in [-0.25, -0.2) is 4.98 Å². The lowest BCUT2D eigenvalue weighted by Gasteiger charge is -2.21. The molecule has 1 aliphatic rings. The van der Waals surface area contributed by atoms with E-state index in [1.807, 2.05) is 13.2 Å². The van der Waals surface area contributed by atoms with Crippen molar-refractivity contribution in [2.24, 2.45) is 4.99 Å². The standard InChI is InChI=1S/C23H33N5/c1-19(21-10-6-5-7-11-21)16-26-23(24-2)27-18-20-12-13-22(25-17-20)28-14-8-3-4-9-15-28/h5-7,10-13,17,19H,3-4,8-9,14-16,18H2,1-2H3,(H2,24,26,27). The van der Waals surface area contributed by atoms with Crippen LogP contribution in [0, 0.1) is 0 Å². The fourth-order valence-electron chi connectivity index (χ4n) is 3.56. The van der Waals surface area contributed by atoms with Crippen molar-refractivity contribution in [3.8, 4) is 0 Å². The molecule has 1 unspecified atom stereocenters. The number of nitrogens with one attached hydrogen (secondary N) is 2. The first kappa shape index (κ1) is 20.2. The highest BCUT2D eigenvalue weighted by Crippen LogP contribution is 2.17. The molecule has 1 fully saturated rings. The molecule has 0 aliphatic carbocycles. The van der Waals surface area contributed by atoms with E-state index in [-0.39, 0.29) is 0 Å². The minimum Gasteiger partial charge on any atom is -0.357 e. The first-order chi connectivity index (χ1) is 13.8. The third-order valence-corrected chi connectivity index (χ3v) is 5.37. The molecule has 0 amide bonds. The number of rotatable bonds is 6. The van der Waals surface area contributed by atoms with Crippen molar-refractivity contribution >= 4 is 11.8 Å². The number of anilines is 1. The molecular weight excluding hydrogens is 346 g/mol. The minimum atomic E-state index is 0.425. The molecule has 5 heteroatoms. The fourth-order valence-corrected chi connectivity index (χ4v) is 3.56. The van der Waals surface area contributed by atoms with E-state index in [2.05, 4.69) is 74.9 Å². The first-order valence-electron chi connectivity index (χ1n) is 10.5. The van der Waals surface area contributed by atoms with E-state index in [1.165, 1.54) is 31.2 Å². The number of benzene rings is 1. The van der Waals surface area contributed by atoms with Gasteiger partial charge in [0.1, 0.15) is 5.82 Å². The van der Waals surface area contributed by atoms with E-state index >= 15 is 0 Å². The van der Waals surface area contributed by atoms with Crippen LogP contribution in [0.25, 0.3) is 0 Å². The zero-order valence-electron chi connectivity index (χ0n) is 17.2. The van der Waals surface area contributed by atoms with Crippen molar-refractivity contribution in [1.82, 2.24) is 15.6 Å². The lowest BCUT2D eigenvalue weighted by atomic mass is 10.0. The maximum absolute atomic E-state index is 4.69. The Morgan fingerprint density at radius 3 is 2.43 bits per heavy atom. The van der Waals surface area contributed by atoms with Crippen molar-refractivity contribution in [1.29, 1.82) is 0 Å². The molecule has 0 saturated carbocycles. The molecule has 1 aromatic heterocycles. The monoisotopic (exact) mass is 379 g/mol. The SMILES string of the molecule is CN=C(NCc1ccc(N2CCCCCC2)nc1)NCC(C)c1ccccc1. The van der Waals surface area contributed by atoms with Gasteiger partial charge in [0.2, 0.25) is 0 Å². The van der Waals surface area contributed by atoms with Crippen LogP contribution in [-0.2, 0) is 6.54 Å². The zero-order valence-corrected chi connectivity index (χ0v) is 17.2. The Morgan fingerprint density at radius 1 is 1.04 bits per heavy atom. The molecule has 28 heavy (non-hydrogen) atoms. The molecule has 150 valence electrons. The first-order valence-corrected chi connectivity index (χ1v) is 10.5. The van der Waals surface area contributed by atoms with Crippen LogP contribution in [0.3, 0.4) is 0 Å². The zero-order chi connectivity index (χ0) is 19.6. The van der Waals surface area contributed by atoms with Gasteiger partial charge in [-0.15, -0.1) is 0 Å². The number of hydrogen-bond acceptors (Lipinski definition) is 3. The Balaban J connectivity index is 1.46. The van der Waals surface area contributed by atoms with Crippen molar-refractivity contribution in [3.63, 3.8) is 0 Å². The maximum atomic E-state index is 4.69. The van der Waals surface area contributed by atoms with E-state index in [0.29, 0.717) is 12.5 Å². The highest BCUT2D eigenvalue weighted by Gasteiger charge is 2.11. The second-order valence-corrected chi connectivity index (χ2v) is 7.54. The van der Waals surface area contributed by atoms with Crippen molar-refractivity contribution in [2.75, 3.05) is 31.6 Å². The van der Waals surface area contributed by atoms with Gasteiger partial charge in [-0.05, 0) is 36.0 Å². The molecule has 3 rings (SSSR count). The van der Waals surface area contributed by atoms with Gasteiger partial charge in [-0.2, -0.15) is 0 Å². The number of pyridine rings is 1. The van der Waals surface area contributed by atoms with Crippen molar-refractivity contribution < 1.29 is 0 Å². The molecule has 2 heterocycles. The topological polar surface area (TPSA) is 52.6 Å². The summed E-state index contributed by atoms with van der Waals surface area (Å²) in [5.74, 6) is 2.35. The van der Waals surface area contributed by atoms with Gasteiger partial charge in [0.15, 0.2) is 5.96 Å². The van der Waals surface area contributed by atoms with Crippen LogP contribution in [0.5, 0.6) is 0 Å². The molecule has 1 aromatic carbocycles. The fraction of sp³-hybridized carbons (Fsp3) is 0.478. The Labute approximate surface area is 169 Å². The van der Waals surface area contributed by atoms with E-state index in [0.717, 1.165) is 37.0 Å². The summed E-state index contributed by atoms with van der Waals surface area (Å²) in [6.07, 6.45) is 7.21. The highest BCUT2D eigenvalue weighted by molar-refractivity contribution is 5.79. The summed E-state index contributed by atoms with van der Waals surface area (Å²) in [6, 6.07) is 14.9. The molecule has 2 aromatic rings. The third-order valence-electron chi connectivity index (χ3n) is 5.37. The molecule has 0 spiro atoms. The van der Waals surface area contributed by atoms with E-state index in [4.69, 9.17) is 0 Å². The maximum Gasteiger partial charge on any atom is 0.191 e. The van der Waals surface area contributed by atoms with Crippen LogP contribution < -0.4 is 15.5 Å². The van der Waals surface area contributed by atoms with Crippen LogP contribution in [0.15, 0.2) is 53.7 Å². The van der Waals surface area contributed by atoms with Crippen LogP contribution in [-0.4, -0.2) is 37.6 Å². The largest absolute Gasteiger partial charge is 0.357 e. The number of aliphatic imine (C=N–C) groups is 1. The van der Waals surface area contributed by atoms with E-state index in [9.17, 15) is 0 Å². The van der Waals surface area contributed by atoms with Crippen LogP contribution in [0.1, 0.15) is 49.7 Å². The lowest BCUT2D eigenvalue weighted by Crippen LogP contribution is -2.38. The van der Waals surface area contributed by atoms with Crippen molar-refractivity contribution in [2.45, 2.75) is 45.1 Å². The van der Waals surface area contributed by atoms with Crippen molar-refractivity contribution in [3.05, 3.63) is 59.8 Å². The van der Waals surface area contributed by atoms with Gasteiger partial charge < -0.3 is 15.5 Å². The summed E-state index contributed by atoms with van der Waals surface area (Å²) in [6.45, 7) is 6.03. The van der Waals surface area contributed by atoms with Crippen LogP contribution >= 0.6 is 0 Å². The average Bonchev–Trinajstić information content (AvgIpc) is 3.04. The minimum absolute atomic E-state index is 0.425. The lowest BCUT2D eigenvalue weighted by molar-refractivity contribution is 0.698. The average molecular weight is 380 g/mol. The van der Waals surface area contributed by atoms with Crippen LogP contribution in [0.2, 0.25) is 0 Å². The Morgan fingerprint density at radius 2 is 1.79 bits per heavy atom. The quantitative estimate of drug-likeness (QED) is 0.590. The number of hydrogen-bond donors (Lipinski definition) is 2. The van der Waals surface area contributed by atoms with Gasteiger partial charge in [0.25, 0.3) is 0 Å². The summed E-state index contributed by atoms with van der Waals surface area (Å²) in [4.78, 5) is 11.4. The summed E-state index contributed by atoms with van der Waals surface area (Å²) in [5.41, 5.74) is 2.50. The van der Waals surface area contributed by atoms with E-state index < -0.39 is 0 Å². The molecule has 0 radical (unpaired) electrons. The Hall–Kier alpha value is -2.56. The Kier molecular flexibility index (Phi) is 7.71. The van der Waals surface area contributed by atoms with Gasteiger partial charge in [0.05, 0.1) is 0 Å². The summed E-state index contributed by atoms with van der Waals surface area (Å²) in [7, 11) is 1.81. The molecule has 2 N–H and O–H groups in total. The van der Waals surface area contributed by atoms with Gasteiger partial charge in [-0.1, -0.05) is 56.2 Å². The molecule has 0 bridgehead atoms. The third kappa shape index (κ3) is 5.98. The van der Waals surface area contributed by atoms with Gasteiger partial charge in [-0.3, -0.25) is 4.99 Å². The summed E-state index contributed by atoms with van der Waals surface area (Å²) in [5, 5.41) is 6.81. The number of nitrogens with zero attached hydrogens (tertiary/aromatic N) is 3. The summed E-state index contributed by atoms with van der Waals surface area (Å²) < 4.78 is 0. The molecule has 1 aliphatic heterocycles. The normalized spacial score (nSPS) is 16.4. The summed E-state index contributed by atoms with van der Waals surface area (Å²) >= 11 is 0. The molecule has 5 nitrogen and oxygen atoms in total. The number of guanidine groups is 1. The smallest absolute Gasteiger partial charge is 0.191 e. The molecule has 1 atom stereocenters. The number of aromatic nitrogens is 1. The predicted molar refractivity (Wildman–Crippen MR) is 118 cm³/mol. The Bertz CT molecular complexity index is 718. The predicted octanol–water partition coefficient (Wildman–Crippen LogP) is 3.93. The van der Waals surface area contributed by atoms with Gasteiger partial charge >= 0.3 is 0 Å². The van der Waals surface area contributed by atoms with Gasteiger partial charge in [0, 0.05) is 39.4 Å².